The highest BCUT2D eigenvalue weighted by atomic mass is 16.2. The van der Waals surface area contributed by atoms with Crippen LogP contribution in [0.4, 0.5) is 5.95 Å². The fraction of sp³-hybridized carbons (Fsp3) is 0.688. The number of amides is 1. The molecule has 5 nitrogen and oxygen atoms in total. The first kappa shape index (κ1) is 14.3. The molecule has 2 fully saturated rings. The lowest BCUT2D eigenvalue weighted by Gasteiger charge is -2.26. The monoisotopic (exact) mass is 288 g/mol. The second kappa shape index (κ2) is 6.41. The second-order valence-electron chi connectivity index (χ2n) is 6.27. The molecule has 1 amide bonds. The largest absolute Gasteiger partial charge is 0.350 e. The van der Waals surface area contributed by atoms with Gasteiger partial charge in [-0.3, -0.25) is 4.79 Å². The van der Waals surface area contributed by atoms with Gasteiger partial charge in [0.1, 0.15) is 0 Å². The van der Waals surface area contributed by atoms with Crippen molar-refractivity contribution in [1.29, 1.82) is 0 Å². The number of hydrogen-bond acceptors (Lipinski definition) is 4. The molecule has 21 heavy (non-hydrogen) atoms. The molecule has 2 heterocycles. The highest BCUT2D eigenvalue weighted by Crippen LogP contribution is 2.27. The van der Waals surface area contributed by atoms with Crippen LogP contribution in [0.25, 0.3) is 0 Å². The van der Waals surface area contributed by atoms with E-state index < -0.39 is 0 Å². The van der Waals surface area contributed by atoms with Crippen LogP contribution < -0.4 is 5.32 Å². The van der Waals surface area contributed by atoms with Crippen molar-refractivity contribution in [1.82, 2.24) is 14.9 Å². The molecule has 0 unspecified atom stereocenters. The van der Waals surface area contributed by atoms with E-state index >= 15 is 0 Å². The first-order chi connectivity index (χ1) is 10.2. The van der Waals surface area contributed by atoms with E-state index in [9.17, 15) is 4.79 Å². The zero-order valence-electron chi connectivity index (χ0n) is 12.7. The molecule has 1 saturated carbocycles. The smallest absolute Gasteiger partial charge is 0.225 e. The Morgan fingerprint density at radius 3 is 2.86 bits per heavy atom. The van der Waals surface area contributed by atoms with E-state index in [2.05, 4.69) is 15.3 Å². The third kappa shape index (κ3) is 3.52. The number of hydrogen-bond donors (Lipinski definition) is 1. The number of rotatable bonds is 3. The Hall–Kier alpha value is -1.65. The molecule has 1 saturated heterocycles. The SMILES string of the molecule is Cc1ccnc(N[C@H]2CCN(C(=O)C3CCCCC3)C2)n1. The predicted octanol–water partition coefficient (Wildman–Crippen LogP) is 2.38. The summed E-state index contributed by atoms with van der Waals surface area (Å²) in [7, 11) is 0. The molecule has 1 aromatic heterocycles. The van der Waals surface area contributed by atoms with Gasteiger partial charge in [-0.2, -0.15) is 0 Å². The molecule has 0 spiro atoms. The first-order valence-corrected chi connectivity index (χ1v) is 8.07. The number of nitrogens with zero attached hydrogens (tertiary/aromatic N) is 3. The summed E-state index contributed by atoms with van der Waals surface area (Å²) in [6, 6.07) is 2.16. The standard InChI is InChI=1S/C16H24N4O/c1-12-7-9-17-16(18-12)19-14-8-10-20(11-14)15(21)13-5-3-2-4-6-13/h7,9,13-14H,2-6,8,10-11H2,1H3,(H,17,18,19)/t14-/m0/s1. The summed E-state index contributed by atoms with van der Waals surface area (Å²) >= 11 is 0. The van der Waals surface area contributed by atoms with Crippen LogP contribution in [0.3, 0.4) is 0 Å². The first-order valence-electron chi connectivity index (χ1n) is 8.07. The molecule has 1 N–H and O–H groups in total. The van der Waals surface area contributed by atoms with Crippen molar-refractivity contribution in [3.05, 3.63) is 18.0 Å². The van der Waals surface area contributed by atoms with Gasteiger partial charge in [-0.15, -0.1) is 0 Å². The average molecular weight is 288 g/mol. The molecule has 1 aromatic rings. The molecule has 2 aliphatic rings. The van der Waals surface area contributed by atoms with Crippen LogP contribution in [0.5, 0.6) is 0 Å². The zero-order valence-corrected chi connectivity index (χ0v) is 12.7. The summed E-state index contributed by atoms with van der Waals surface area (Å²) in [5, 5.41) is 3.35. The quantitative estimate of drug-likeness (QED) is 0.927. The summed E-state index contributed by atoms with van der Waals surface area (Å²) in [5.41, 5.74) is 0.959. The van der Waals surface area contributed by atoms with Crippen LogP contribution in [0.1, 0.15) is 44.2 Å². The van der Waals surface area contributed by atoms with Gasteiger partial charge in [0.05, 0.1) is 0 Å². The molecule has 114 valence electrons. The Morgan fingerprint density at radius 1 is 1.29 bits per heavy atom. The molecule has 1 aliphatic carbocycles. The van der Waals surface area contributed by atoms with E-state index in [1.54, 1.807) is 6.20 Å². The molecule has 0 radical (unpaired) electrons. The van der Waals surface area contributed by atoms with Gasteiger partial charge < -0.3 is 10.2 Å². The van der Waals surface area contributed by atoms with Crippen molar-refractivity contribution < 1.29 is 4.79 Å². The van der Waals surface area contributed by atoms with Gasteiger partial charge in [0.2, 0.25) is 11.9 Å². The van der Waals surface area contributed by atoms with Gasteiger partial charge in [0.15, 0.2) is 0 Å². The van der Waals surface area contributed by atoms with Gasteiger partial charge >= 0.3 is 0 Å². The Balaban J connectivity index is 1.54. The van der Waals surface area contributed by atoms with Gasteiger partial charge in [0.25, 0.3) is 0 Å². The Kier molecular flexibility index (Phi) is 4.36. The molecule has 1 aliphatic heterocycles. The summed E-state index contributed by atoms with van der Waals surface area (Å²) < 4.78 is 0. The highest BCUT2D eigenvalue weighted by Gasteiger charge is 2.31. The minimum absolute atomic E-state index is 0.271. The summed E-state index contributed by atoms with van der Waals surface area (Å²) in [6.45, 7) is 3.60. The molecule has 1 atom stereocenters. The van der Waals surface area contributed by atoms with Crippen molar-refractivity contribution >= 4 is 11.9 Å². The van der Waals surface area contributed by atoms with Crippen LogP contribution in [-0.2, 0) is 4.79 Å². The fourth-order valence-corrected chi connectivity index (χ4v) is 3.39. The summed E-state index contributed by atoms with van der Waals surface area (Å²) in [4.78, 5) is 23.2. The number of carbonyl (C=O) groups is 1. The topological polar surface area (TPSA) is 58.1 Å². The van der Waals surface area contributed by atoms with E-state index in [0.29, 0.717) is 11.9 Å². The number of anilines is 1. The summed E-state index contributed by atoms with van der Waals surface area (Å²) in [6.07, 6.45) is 8.62. The number of aryl methyl sites for hydroxylation is 1. The maximum absolute atomic E-state index is 12.5. The summed E-state index contributed by atoms with van der Waals surface area (Å²) in [5.74, 6) is 1.31. The zero-order chi connectivity index (χ0) is 14.7. The van der Waals surface area contributed by atoms with Crippen LogP contribution in [0.15, 0.2) is 12.3 Å². The van der Waals surface area contributed by atoms with E-state index in [-0.39, 0.29) is 12.0 Å². The minimum Gasteiger partial charge on any atom is -0.350 e. The van der Waals surface area contributed by atoms with Gasteiger partial charge in [-0.05, 0) is 32.3 Å². The number of carbonyl (C=O) groups excluding carboxylic acids is 1. The third-order valence-electron chi connectivity index (χ3n) is 4.58. The van der Waals surface area contributed by atoms with Crippen molar-refractivity contribution in [2.75, 3.05) is 18.4 Å². The number of likely N-dealkylation sites (tertiary alicyclic amines) is 1. The van der Waals surface area contributed by atoms with Crippen LogP contribution in [0.2, 0.25) is 0 Å². The molecule has 5 heteroatoms. The normalized spacial score (nSPS) is 23.3. The Labute approximate surface area is 126 Å². The van der Waals surface area contributed by atoms with E-state index in [1.807, 2.05) is 17.9 Å². The Bertz CT molecular complexity index is 499. The minimum atomic E-state index is 0.271. The molecular formula is C16H24N4O. The van der Waals surface area contributed by atoms with Gasteiger partial charge in [-0.25, -0.2) is 9.97 Å². The van der Waals surface area contributed by atoms with Gasteiger partial charge in [0, 0.05) is 36.9 Å². The maximum Gasteiger partial charge on any atom is 0.225 e. The van der Waals surface area contributed by atoms with E-state index in [4.69, 9.17) is 0 Å². The van der Waals surface area contributed by atoms with E-state index in [0.717, 1.165) is 38.0 Å². The van der Waals surface area contributed by atoms with Crippen molar-refractivity contribution in [3.63, 3.8) is 0 Å². The molecule has 0 aromatic carbocycles. The Morgan fingerprint density at radius 2 is 2.10 bits per heavy atom. The fourth-order valence-electron chi connectivity index (χ4n) is 3.39. The predicted molar refractivity (Wildman–Crippen MR) is 82.0 cm³/mol. The maximum atomic E-state index is 12.5. The average Bonchev–Trinajstić information content (AvgIpc) is 2.96. The lowest BCUT2D eigenvalue weighted by Crippen LogP contribution is -2.37. The highest BCUT2D eigenvalue weighted by molar-refractivity contribution is 5.79. The molecule has 0 bridgehead atoms. The number of aromatic nitrogens is 2. The van der Waals surface area contributed by atoms with Crippen LogP contribution in [-0.4, -0.2) is 39.9 Å². The van der Waals surface area contributed by atoms with Crippen molar-refractivity contribution in [2.45, 2.75) is 51.5 Å². The van der Waals surface area contributed by atoms with Crippen molar-refractivity contribution in [3.8, 4) is 0 Å². The third-order valence-corrected chi connectivity index (χ3v) is 4.58. The van der Waals surface area contributed by atoms with E-state index in [1.165, 1.54) is 19.3 Å². The van der Waals surface area contributed by atoms with Crippen LogP contribution >= 0.6 is 0 Å². The van der Waals surface area contributed by atoms with Crippen LogP contribution in [0, 0.1) is 12.8 Å². The molecular weight excluding hydrogens is 264 g/mol. The number of nitrogens with one attached hydrogen (secondary N) is 1. The lowest BCUT2D eigenvalue weighted by molar-refractivity contribution is -0.135. The second-order valence-corrected chi connectivity index (χ2v) is 6.27. The molecule has 3 rings (SSSR count). The van der Waals surface area contributed by atoms with Gasteiger partial charge in [-0.1, -0.05) is 19.3 Å². The van der Waals surface area contributed by atoms with Crippen molar-refractivity contribution in [2.24, 2.45) is 5.92 Å². The lowest BCUT2D eigenvalue weighted by atomic mass is 9.88.